The summed E-state index contributed by atoms with van der Waals surface area (Å²) in [6, 6.07) is 3.27. The summed E-state index contributed by atoms with van der Waals surface area (Å²) in [7, 11) is 0. The summed E-state index contributed by atoms with van der Waals surface area (Å²) in [6.45, 7) is 5.87. The lowest BCUT2D eigenvalue weighted by Crippen LogP contribution is -2.42. The minimum atomic E-state index is -0.924. The minimum Gasteiger partial charge on any atom is -0.387 e. The van der Waals surface area contributed by atoms with Crippen molar-refractivity contribution in [1.82, 2.24) is 10.3 Å². The van der Waals surface area contributed by atoms with E-state index < -0.39 is 5.60 Å². The Morgan fingerprint density at radius 3 is 2.75 bits per heavy atom. The van der Waals surface area contributed by atoms with E-state index in [9.17, 15) is 9.90 Å². The molecule has 0 saturated carbocycles. The summed E-state index contributed by atoms with van der Waals surface area (Å²) in [5.74, 6) is 0.499. The molecule has 0 aromatic carbocycles. The molecule has 1 amide bonds. The summed E-state index contributed by atoms with van der Waals surface area (Å²) in [5.41, 5.74) is 0.319. The molecule has 20 heavy (non-hydrogen) atoms. The molecule has 6 heteroatoms. The number of hydrogen-bond donors (Lipinski definition) is 2. The fourth-order valence-corrected chi connectivity index (χ4v) is 2.62. The molecule has 112 valence electrons. The Labute approximate surface area is 129 Å². The van der Waals surface area contributed by atoms with Gasteiger partial charge in [0.2, 0.25) is 0 Å². The lowest BCUT2D eigenvalue weighted by Gasteiger charge is -2.22. The molecule has 4 nitrogen and oxygen atoms in total. The normalized spacial score (nSPS) is 14.2. The van der Waals surface area contributed by atoms with Crippen molar-refractivity contribution in [2.75, 3.05) is 18.6 Å². The van der Waals surface area contributed by atoms with Gasteiger partial charge in [0.05, 0.1) is 5.60 Å². The van der Waals surface area contributed by atoms with Crippen molar-refractivity contribution in [3.63, 3.8) is 0 Å². The minimum absolute atomic E-state index is 0.194. The van der Waals surface area contributed by atoms with Gasteiger partial charge in [0, 0.05) is 23.6 Å². The van der Waals surface area contributed by atoms with Gasteiger partial charge < -0.3 is 10.4 Å². The number of aliphatic hydroxyl groups is 1. The molecule has 2 N–H and O–H groups in total. The topological polar surface area (TPSA) is 62.2 Å². The van der Waals surface area contributed by atoms with Crippen LogP contribution in [0.4, 0.5) is 0 Å². The van der Waals surface area contributed by atoms with E-state index in [1.54, 1.807) is 13.0 Å². The van der Waals surface area contributed by atoms with Gasteiger partial charge in [-0.25, -0.2) is 4.98 Å². The van der Waals surface area contributed by atoms with E-state index in [0.717, 1.165) is 5.69 Å². The molecule has 1 rings (SSSR count). The van der Waals surface area contributed by atoms with Gasteiger partial charge in [-0.3, -0.25) is 4.79 Å². The van der Waals surface area contributed by atoms with Gasteiger partial charge in [-0.05, 0) is 31.2 Å². The molecule has 0 aliphatic heterocycles. The van der Waals surface area contributed by atoms with Crippen LogP contribution in [0.3, 0.4) is 0 Å². The first kappa shape index (κ1) is 17.3. The van der Waals surface area contributed by atoms with E-state index in [2.05, 4.69) is 10.3 Å². The van der Waals surface area contributed by atoms with E-state index >= 15 is 0 Å². The van der Waals surface area contributed by atoms with Gasteiger partial charge in [-0.2, -0.15) is 11.8 Å². The van der Waals surface area contributed by atoms with Crippen molar-refractivity contribution in [2.45, 2.75) is 32.3 Å². The van der Waals surface area contributed by atoms with Crippen molar-refractivity contribution in [1.29, 1.82) is 0 Å². The van der Waals surface area contributed by atoms with Crippen LogP contribution in [-0.4, -0.2) is 40.2 Å². The first-order valence-electron chi connectivity index (χ1n) is 6.42. The number of pyridine rings is 1. The Balaban J connectivity index is 2.78. The van der Waals surface area contributed by atoms with Crippen LogP contribution in [-0.2, 0) is 0 Å². The molecule has 1 atom stereocenters. The van der Waals surface area contributed by atoms with E-state index in [1.165, 1.54) is 17.8 Å². The highest BCUT2D eigenvalue weighted by atomic mass is 35.5. The number of thioether (sulfide) groups is 1. The van der Waals surface area contributed by atoms with E-state index in [0.29, 0.717) is 16.5 Å². The second-order valence-corrected chi connectivity index (χ2v) is 6.62. The molecule has 0 aliphatic carbocycles. The number of nitrogens with one attached hydrogen (secondary N) is 1. The lowest BCUT2D eigenvalue weighted by molar-refractivity contribution is 0.0725. The molecular weight excluding hydrogens is 296 g/mol. The predicted molar refractivity (Wildman–Crippen MR) is 84.7 cm³/mol. The number of nitrogens with zero attached hydrogens (tertiary/aromatic N) is 1. The third-order valence-electron chi connectivity index (χ3n) is 2.75. The largest absolute Gasteiger partial charge is 0.387 e. The maximum absolute atomic E-state index is 12.1. The quantitative estimate of drug-likeness (QED) is 0.792. The molecular formula is C14H21ClN2O2S. The number of halogens is 1. The van der Waals surface area contributed by atoms with Gasteiger partial charge >= 0.3 is 0 Å². The van der Waals surface area contributed by atoms with Crippen LogP contribution in [0.2, 0.25) is 5.15 Å². The zero-order valence-electron chi connectivity index (χ0n) is 12.2. The number of carbonyl (C=O) groups is 1. The number of carbonyl (C=O) groups excluding carboxylic acids is 1. The SMILES string of the molecule is CSCC(C)(O)CNC(=O)c1cc(Cl)nc(C(C)C)c1. The average Bonchev–Trinajstić information content (AvgIpc) is 2.35. The molecule has 1 aromatic rings. The Hall–Kier alpha value is -0.780. The molecule has 0 radical (unpaired) electrons. The molecule has 1 aromatic heterocycles. The fourth-order valence-electron chi connectivity index (χ4n) is 1.68. The second kappa shape index (κ2) is 7.29. The second-order valence-electron chi connectivity index (χ2n) is 5.37. The molecule has 0 saturated heterocycles. The van der Waals surface area contributed by atoms with Gasteiger partial charge in [0.25, 0.3) is 5.91 Å². The van der Waals surface area contributed by atoms with Crippen molar-refractivity contribution in [3.8, 4) is 0 Å². The van der Waals surface area contributed by atoms with E-state index in [1.807, 2.05) is 20.1 Å². The standard InChI is InChI=1S/C14H21ClN2O2S/c1-9(2)11-5-10(6-12(15)17-11)13(18)16-7-14(3,19)8-20-4/h5-6,9,19H,7-8H2,1-4H3,(H,16,18). The fraction of sp³-hybridized carbons (Fsp3) is 0.571. The summed E-state index contributed by atoms with van der Waals surface area (Å²) < 4.78 is 0. The Morgan fingerprint density at radius 1 is 1.55 bits per heavy atom. The van der Waals surface area contributed by atoms with Gasteiger partial charge in [0.15, 0.2) is 0 Å². The zero-order valence-corrected chi connectivity index (χ0v) is 13.8. The highest BCUT2D eigenvalue weighted by Gasteiger charge is 2.21. The zero-order chi connectivity index (χ0) is 15.3. The molecule has 0 bridgehead atoms. The maximum Gasteiger partial charge on any atom is 0.251 e. The van der Waals surface area contributed by atoms with Crippen LogP contribution in [0, 0.1) is 0 Å². The molecule has 0 aliphatic rings. The smallest absolute Gasteiger partial charge is 0.251 e. The Morgan fingerprint density at radius 2 is 2.20 bits per heavy atom. The summed E-state index contributed by atoms with van der Waals surface area (Å²) in [5, 5.41) is 13.1. The molecule has 0 fully saturated rings. The number of hydrogen-bond acceptors (Lipinski definition) is 4. The van der Waals surface area contributed by atoms with Crippen molar-refractivity contribution < 1.29 is 9.90 Å². The lowest BCUT2D eigenvalue weighted by atomic mass is 10.1. The highest BCUT2D eigenvalue weighted by Crippen LogP contribution is 2.18. The predicted octanol–water partition coefficient (Wildman–Crippen LogP) is 2.70. The third kappa shape index (κ3) is 5.31. The summed E-state index contributed by atoms with van der Waals surface area (Å²) in [6.07, 6.45) is 1.91. The number of amides is 1. The van der Waals surface area contributed by atoms with Crippen LogP contribution < -0.4 is 5.32 Å². The van der Waals surface area contributed by atoms with Gasteiger partial charge in [-0.1, -0.05) is 25.4 Å². The molecule has 1 heterocycles. The highest BCUT2D eigenvalue weighted by molar-refractivity contribution is 7.98. The Bertz CT molecular complexity index is 478. The first-order chi connectivity index (χ1) is 9.25. The van der Waals surface area contributed by atoms with Crippen LogP contribution in [0.5, 0.6) is 0 Å². The van der Waals surface area contributed by atoms with Crippen molar-refractivity contribution in [3.05, 3.63) is 28.5 Å². The van der Waals surface area contributed by atoms with Gasteiger partial charge in [0.1, 0.15) is 5.15 Å². The maximum atomic E-state index is 12.1. The van der Waals surface area contributed by atoms with Crippen LogP contribution in [0.25, 0.3) is 0 Å². The van der Waals surface area contributed by atoms with Crippen molar-refractivity contribution >= 4 is 29.3 Å². The molecule has 1 unspecified atom stereocenters. The number of aromatic nitrogens is 1. The monoisotopic (exact) mass is 316 g/mol. The molecule has 0 spiro atoms. The Kier molecular flexibility index (Phi) is 6.30. The summed E-state index contributed by atoms with van der Waals surface area (Å²) >= 11 is 7.47. The van der Waals surface area contributed by atoms with Crippen molar-refractivity contribution in [2.24, 2.45) is 0 Å². The van der Waals surface area contributed by atoms with Crippen LogP contribution in [0.1, 0.15) is 42.7 Å². The third-order valence-corrected chi connectivity index (χ3v) is 3.86. The van der Waals surface area contributed by atoms with Crippen LogP contribution >= 0.6 is 23.4 Å². The average molecular weight is 317 g/mol. The first-order valence-corrected chi connectivity index (χ1v) is 8.19. The van der Waals surface area contributed by atoms with Gasteiger partial charge in [-0.15, -0.1) is 0 Å². The number of rotatable bonds is 6. The van der Waals surface area contributed by atoms with Crippen LogP contribution in [0.15, 0.2) is 12.1 Å². The van der Waals surface area contributed by atoms with E-state index in [-0.39, 0.29) is 18.4 Å². The summed E-state index contributed by atoms with van der Waals surface area (Å²) in [4.78, 5) is 16.3. The van der Waals surface area contributed by atoms with E-state index in [4.69, 9.17) is 11.6 Å².